The number of amides is 2. The normalized spacial score (nSPS) is 11.0. The van der Waals surface area contributed by atoms with E-state index >= 15 is 0 Å². The highest BCUT2D eigenvalue weighted by Crippen LogP contribution is 2.15. The first-order valence-electron chi connectivity index (χ1n) is 6.31. The van der Waals surface area contributed by atoms with Crippen LogP contribution in [0.1, 0.15) is 31.1 Å². The molecule has 20 heavy (non-hydrogen) atoms. The lowest BCUT2D eigenvalue weighted by atomic mass is 10.1. The molecule has 0 bridgehead atoms. The summed E-state index contributed by atoms with van der Waals surface area (Å²) in [4.78, 5) is 25.3. The predicted molar refractivity (Wildman–Crippen MR) is 80.1 cm³/mol. The number of anilines is 2. The molecule has 1 aromatic carbocycles. The SMILES string of the molecule is CN(CC(=O)NC(C)(C)C)C(=O)c1cc(N)cc(N)c1. The van der Waals surface area contributed by atoms with Crippen molar-refractivity contribution >= 4 is 23.2 Å². The fourth-order valence-corrected chi connectivity index (χ4v) is 1.77. The molecule has 1 aromatic rings. The molecule has 0 unspecified atom stereocenters. The number of nitrogens with zero attached hydrogens (tertiary/aromatic N) is 1. The number of benzene rings is 1. The largest absolute Gasteiger partial charge is 0.399 e. The minimum Gasteiger partial charge on any atom is -0.399 e. The number of carbonyl (C=O) groups excluding carboxylic acids is 2. The van der Waals surface area contributed by atoms with E-state index in [0.717, 1.165) is 0 Å². The molecule has 0 aliphatic heterocycles. The van der Waals surface area contributed by atoms with Crippen LogP contribution < -0.4 is 16.8 Å². The Bertz CT molecular complexity index is 500. The highest BCUT2D eigenvalue weighted by atomic mass is 16.2. The first-order valence-corrected chi connectivity index (χ1v) is 6.31. The summed E-state index contributed by atoms with van der Waals surface area (Å²) in [5, 5.41) is 2.80. The van der Waals surface area contributed by atoms with Gasteiger partial charge in [0.15, 0.2) is 0 Å². The fourth-order valence-electron chi connectivity index (χ4n) is 1.77. The van der Waals surface area contributed by atoms with Crippen molar-refractivity contribution < 1.29 is 9.59 Å². The van der Waals surface area contributed by atoms with Crippen molar-refractivity contribution in [3.05, 3.63) is 23.8 Å². The van der Waals surface area contributed by atoms with Crippen LogP contribution >= 0.6 is 0 Å². The third-order valence-electron chi connectivity index (χ3n) is 2.47. The minimum atomic E-state index is -0.331. The van der Waals surface area contributed by atoms with Crippen LogP contribution in [0.25, 0.3) is 0 Å². The average Bonchev–Trinajstić information content (AvgIpc) is 2.23. The van der Waals surface area contributed by atoms with Crippen LogP contribution in [-0.2, 0) is 4.79 Å². The summed E-state index contributed by atoms with van der Waals surface area (Å²) in [5.41, 5.74) is 12.2. The van der Waals surface area contributed by atoms with Crippen LogP contribution in [0.4, 0.5) is 11.4 Å². The van der Waals surface area contributed by atoms with E-state index in [1.54, 1.807) is 13.1 Å². The summed E-state index contributed by atoms with van der Waals surface area (Å²) in [5.74, 6) is -0.515. The number of nitrogens with two attached hydrogens (primary N) is 2. The topological polar surface area (TPSA) is 101 Å². The van der Waals surface area contributed by atoms with Crippen LogP contribution in [0.5, 0.6) is 0 Å². The number of likely N-dealkylation sites (N-methyl/N-ethyl adjacent to an activating group) is 1. The zero-order valence-corrected chi connectivity index (χ0v) is 12.4. The lowest BCUT2D eigenvalue weighted by Gasteiger charge is -2.23. The lowest BCUT2D eigenvalue weighted by Crippen LogP contribution is -2.46. The summed E-state index contributed by atoms with van der Waals surface area (Å²) >= 11 is 0. The first kappa shape index (κ1) is 15.8. The van der Waals surface area contributed by atoms with E-state index in [2.05, 4.69) is 5.32 Å². The maximum atomic E-state index is 12.2. The molecule has 0 heterocycles. The number of hydrogen-bond donors (Lipinski definition) is 3. The van der Waals surface area contributed by atoms with Gasteiger partial charge in [-0.2, -0.15) is 0 Å². The van der Waals surface area contributed by atoms with Gasteiger partial charge in [-0.05, 0) is 39.0 Å². The molecule has 0 aliphatic rings. The molecule has 0 fully saturated rings. The molecule has 0 saturated carbocycles. The van der Waals surface area contributed by atoms with Gasteiger partial charge in [0.2, 0.25) is 5.91 Å². The fraction of sp³-hybridized carbons (Fsp3) is 0.429. The zero-order chi connectivity index (χ0) is 15.5. The van der Waals surface area contributed by atoms with Crippen molar-refractivity contribution in [3.63, 3.8) is 0 Å². The van der Waals surface area contributed by atoms with Crippen molar-refractivity contribution in [2.45, 2.75) is 26.3 Å². The highest BCUT2D eigenvalue weighted by molar-refractivity contribution is 5.97. The Hall–Kier alpha value is -2.24. The lowest BCUT2D eigenvalue weighted by molar-refractivity contribution is -0.122. The van der Waals surface area contributed by atoms with Gasteiger partial charge >= 0.3 is 0 Å². The number of nitrogens with one attached hydrogen (secondary N) is 1. The molecule has 6 heteroatoms. The molecule has 0 atom stereocenters. The smallest absolute Gasteiger partial charge is 0.254 e. The second-order valence-electron chi connectivity index (χ2n) is 5.85. The van der Waals surface area contributed by atoms with Crippen LogP contribution in [0.3, 0.4) is 0 Å². The minimum absolute atomic E-state index is 0.0230. The second kappa shape index (κ2) is 5.81. The molecule has 0 aromatic heterocycles. The quantitative estimate of drug-likeness (QED) is 0.713. The van der Waals surface area contributed by atoms with E-state index in [4.69, 9.17) is 11.5 Å². The van der Waals surface area contributed by atoms with E-state index in [1.807, 2.05) is 20.8 Å². The van der Waals surface area contributed by atoms with Gasteiger partial charge in [-0.15, -0.1) is 0 Å². The molecule has 1 rings (SSSR count). The Morgan fingerprint density at radius 3 is 2.10 bits per heavy atom. The molecule has 0 spiro atoms. The monoisotopic (exact) mass is 278 g/mol. The van der Waals surface area contributed by atoms with Gasteiger partial charge < -0.3 is 21.7 Å². The Kier molecular flexibility index (Phi) is 4.60. The first-order chi connectivity index (χ1) is 9.08. The summed E-state index contributed by atoms with van der Waals surface area (Å²) in [7, 11) is 1.56. The van der Waals surface area contributed by atoms with Crippen molar-refractivity contribution in [3.8, 4) is 0 Å². The summed E-state index contributed by atoms with van der Waals surface area (Å²) in [6.45, 7) is 5.62. The van der Waals surface area contributed by atoms with Gasteiger partial charge in [-0.3, -0.25) is 9.59 Å². The van der Waals surface area contributed by atoms with Gasteiger partial charge in [0.25, 0.3) is 5.91 Å². The van der Waals surface area contributed by atoms with E-state index < -0.39 is 0 Å². The standard InChI is InChI=1S/C14H22N4O2/c1-14(2,3)17-12(19)8-18(4)13(20)9-5-10(15)7-11(16)6-9/h5-7H,8,15-16H2,1-4H3,(H,17,19). The van der Waals surface area contributed by atoms with Crippen LogP contribution in [-0.4, -0.2) is 35.8 Å². The molecule has 0 radical (unpaired) electrons. The zero-order valence-electron chi connectivity index (χ0n) is 12.4. The third kappa shape index (κ3) is 4.79. The van der Waals surface area contributed by atoms with Crippen molar-refractivity contribution in [1.29, 1.82) is 0 Å². The summed E-state index contributed by atoms with van der Waals surface area (Å²) in [6.07, 6.45) is 0. The Morgan fingerprint density at radius 2 is 1.65 bits per heavy atom. The van der Waals surface area contributed by atoms with Gasteiger partial charge in [0, 0.05) is 29.5 Å². The number of carbonyl (C=O) groups is 2. The van der Waals surface area contributed by atoms with E-state index in [-0.39, 0.29) is 23.9 Å². The molecule has 2 amide bonds. The van der Waals surface area contributed by atoms with E-state index in [9.17, 15) is 9.59 Å². The maximum Gasteiger partial charge on any atom is 0.254 e. The van der Waals surface area contributed by atoms with Crippen molar-refractivity contribution in [1.82, 2.24) is 10.2 Å². The third-order valence-corrected chi connectivity index (χ3v) is 2.47. The van der Waals surface area contributed by atoms with Crippen LogP contribution in [0.15, 0.2) is 18.2 Å². The van der Waals surface area contributed by atoms with Gasteiger partial charge in [0.05, 0.1) is 6.54 Å². The molecular formula is C14H22N4O2. The average molecular weight is 278 g/mol. The number of nitrogen functional groups attached to an aromatic ring is 2. The summed E-state index contributed by atoms with van der Waals surface area (Å²) in [6, 6.07) is 4.65. The Morgan fingerprint density at radius 1 is 1.15 bits per heavy atom. The van der Waals surface area contributed by atoms with Crippen molar-refractivity contribution in [2.75, 3.05) is 25.1 Å². The number of hydrogen-bond acceptors (Lipinski definition) is 4. The predicted octanol–water partition coefficient (Wildman–Crippen LogP) is 0.838. The van der Waals surface area contributed by atoms with Crippen LogP contribution in [0.2, 0.25) is 0 Å². The molecule has 0 aliphatic carbocycles. The number of rotatable bonds is 3. The molecule has 5 N–H and O–H groups in total. The maximum absolute atomic E-state index is 12.2. The molecule has 0 saturated heterocycles. The molecular weight excluding hydrogens is 256 g/mol. The molecule has 110 valence electrons. The second-order valence-corrected chi connectivity index (χ2v) is 5.85. The van der Waals surface area contributed by atoms with E-state index in [1.165, 1.54) is 17.0 Å². The highest BCUT2D eigenvalue weighted by Gasteiger charge is 2.19. The van der Waals surface area contributed by atoms with Crippen molar-refractivity contribution in [2.24, 2.45) is 0 Å². The summed E-state index contributed by atoms with van der Waals surface area (Å²) < 4.78 is 0. The molecule has 6 nitrogen and oxygen atoms in total. The van der Waals surface area contributed by atoms with Gasteiger partial charge in [-0.1, -0.05) is 0 Å². The van der Waals surface area contributed by atoms with Gasteiger partial charge in [0.1, 0.15) is 0 Å². The Labute approximate surface area is 119 Å². The van der Waals surface area contributed by atoms with Gasteiger partial charge in [-0.25, -0.2) is 0 Å². The van der Waals surface area contributed by atoms with Crippen LogP contribution in [0, 0.1) is 0 Å². The van der Waals surface area contributed by atoms with E-state index in [0.29, 0.717) is 16.9 Å². The Balaban J connectivity index is 2.74.